The van der Waals surface area contributed by atoms with Crippen molar-refractivity contribution in [3.05, 3.63) is 29.3 Å². The van der Waals surface area contributed by atoms with E-state index < -0.39 is 0 Å². The van der Waals surface area contributed by atoms with E-state index in [1.807, 2.05) is 12.1 Å². The first-order valence-electron chi connectivity index (χ1n) is 6.03. The van der Waals surface area contributed by atoms with Crippen LogP contribution in [0.5, 0.6) is 5.75 Å². The molecule has 3 heteroatoms. The van der Waals surface area contributed by atoms with Gasteiger partial charge in [-0.15, -0.1) is 0 Å². The zero-order valence-electron chi connectivity index (χ0n) is 10.3. The molecule has 3 nitrogen and oxygen atoms in total. The highest BCUT2D eigenvalue weighted by Gasteiger charge is 2.40. The fourth-order valence-electron chi connectivity index (χ4n) is 2.60. The zero-order chi connectivity index (χ0) is 12.3. The van der Waals surface area contributed by atoms with Gasteiger partial charge in [-0.05, 0) is 42.9 Å². The molecule has 0 heterocycles. The Kier molecular flexibility index (Phi) is 3.30. The highest BCUT2D eigenvalue weighted by atomic mass is 16.5. The average molecular weight is 231 g/mol. The number of rotatable bonds is 4. The summed E-state index contributed by atoms with van der Waals surface area (Å²) in [4.78, 5) is 14.7. The molecule has 0 saturated heterocycles. The van der Waals surface area contributed by atoms with Crippen LogP contribution in [0.1, 0.15) is 37.3 Å². The lowest BCUT2D eigenvalue weighted by molar-refractivity contribution is 0.253. The van der Waals surface area contributed by atoms with Gasteiger partial charge in [0.05, 0.1) is 12.6 Å². The zero-order valence-corrected chi connectivity index (χ0v) is 10.3. The largest absolute Gasteiger partial charge is 0.496 e. The minimum atomic E-state index is -0.332. The Morgan fingerprint density at radius 3 is 2.71 bits per heavy atom. The predicted octanol–water partition coefficient (Wildman–Crippen LogP) is 2.97. The Labute approximate surface area is 102 Å². The van der Waals surface area contributed by atoms with Crippen LogP contribution < -0.4 is 4.74 Å². The maximum atomic E-state index is 10.6. The quantitative estimate of drug-likeness (QED) is 0.590. The van der Waals surface area contributed by atoms with Gasteiger partial charge in [-0.3, -0.25) is 0 Å². The normalized spacial score (nSPS) is 16.8. The van der Waals surface area contributed by atoms with E-state index >= 15 is 0 Å². The molecule has 1 aliphatic rings. The Balaban J connectivity index is 2.54. The van der Waals surface area contributed by atoms with Crippen LogP contribution in [0.25, 0.3) is 0 Å². The van der Waals surface area contributed by atoms with Crippen LogP contribution in [0.4, 0.5) is 0 Å². The summed E-state index contributed by atoms with van der Waals surface area (Å²) in [5.74, 6) is 0.886. The van der Waals surface area contributed by atoms with Gasteiger partial charge in [0.1, 0.15) is 5.75 Å². The van der Waals surface area contributed by atoms with Crippen LogP contribution in [0, 0.1) is 0 Å². The van der Waals surface area contributed by atoms with Crippen molar-refractivity contribution in [2.45, 2.75) is 38.1 Å². The molecule has 1 aromatic rings. The van der Waals surface area contributed by atoms with Gasteiger partial charge in [0, 0.05) is 0 Å². The number of nitrogens with zero attached hydrogens (tertiary/aromatic N) is 1. The maximum absolute atomic E-state index is 10.6. The van der Waals surface area contributed by atoms with Gasteiger partial charge >= 0.3 is 0 Å². The van der Waals surface area contributed by atoms with Crippen molar-refractivity contribution in [2.24, 2.45) is 4.99 Å². The standard InChI is InChI=1S/C14H17NO2/c1-3-11-12(6-4-7-13(11)17-2)14(15-10-16)8-5-9-14/h4,6-7H,3,5,8-9H2,1-2H3. The van der Waals surface area contributed by atoms with Crippen molar-refractivity contribution in [3.8, 4) is 5.75 Å². The first-order chi connectivity index (χ1) is 8.27. The van der Waals surface area contributed by atoms with Gasteiger partial charge < -0.3 is 4.74 Å². The Morgan fingerprint density at radius 2 is 2.24 bits per heavy atom. The first-order valence-corrected chi connectivity index (χ1v) is 6.03. The van der Waals surface area contributed by atoms with Crippen LogP contribution in [-0.2, 0) is 16.8 Å². The second-order valence-corrected chi connectivity index (χ2v) is 4.43. The number of carbonyl (C=O) groups excluding carboxylic acids is 1. The summed E-state index contributed by atoms with van der Waals surface area (Å²) in [5.41, 5.74) is 1.96. The lowest BCUT2D eigenvalue weighted by atomic mass is 9.70. The Bertz CT molecular complexity index is 457. The van der Waals surface area contributed by atoms with E-state index in [0.717, 1.165) is 42.6 Å². The SMILES string of the molecule is CCc1c(OC)cccc1C1(N=C=O)CCC1. The predicted molar refractivity (Wildman–Crippen MR) is 66.0 cm³/mol. The number of methoxy groups -OCH3 is 1. The van der Waals surface area contributed by atoms with Gasteiger partial charge in [0.15, 0.2) is 0 Å². The summed E-state index contributed by atoms with van der Waals surface area (Å²) in [6.45, 7) is 2.10. The fraction of sp³-hybridized carbons (Fsp3) is 0.500. The molecule has 0 aliphatic heterocycles. The first kappa shape index (κ1) is 11.9. The highest BCUT2D eigenvalue weighted by Crippen LogP contribution is 2.47. The van der Waals surface area contributed by atoms with Crippen LogP contribution in [0.2, 0.25) is 0 Å². The number of isocyanates is 1. The molecule has 0 bridgehead atoms. The van der Waals surface area contributed by atoms with Crippen LogP contribution in [0.3, 0.4) is 0 Å². The molecular formula is C14H17NO2. The summed E-state index contributed by atoms with van der Waals surface area (Å²) in [6.07, 6.45) is 5.60. The molecule has 0 unspecified atom stereocenters. The van der Waals surface area contributed by atoms with E-state index in [-0.39, 0.29) is 5.54 Å². The van der Waals surface area contributed by atoms with Gasteiger partial charge in [-0.1, -0.05) is 19.1 Å². The van der Waals surface area contributed by atoms with Crippen LogP contribution in [-0.4, -0.2) is 13.2 Å². The third kappa shape index (κ3) is 1.87. The molecule has 0 atom stereocenters. The van der Waals surface area contributed by atoms with Gasteiger partial charge in [0.25, 0.3) is 0 Å². The summed E-state index contributed by atoms with van der Waals surface area (Å²) < 4.78 is 5.38. The van der Waals surface area contributed by atoms with E-state index in [2.05, 4.69) is 18.0 Å². The van der Waals surface area contributed by atoms with Crippen molar-refractivity contribution < 1.29 is 9.53 Å². The molecule has 1 aromatic carbocycles. The van der Waals surface area contributed by atoms with E-state index in [9.17, 15) is 4.79 Å². The minimum Gasteiger partial charge on any atom is -0.496 e. The molecule has 0 amide bonds. The second kappa shape index (κ2) is 4.72. The number of hydrogen-bond acceptors (Lipinski definition) is 3. The summed E-state index contributed by atoms with van der Waals surface area (Å²) >= 11 is 0. The van der Waals surface area contributed by atoms with Crippen molar-refractivity contribution in [1.29, 1.82) is 0 Å². The number of ether oxygens (including phenoxy) is 1. The molecule has 1 fully saturated rings. The molecule has 0 N–H and O–H groups in total. The molecule has 17 heavy (non-hydrogen) atoms. The second-order valence-electron chi connectivity index (χ2n) is 4.43. The van der Waals surface area contributed by atoms with Crippen molar-refractivity contribution in [3.63, 3.8) is 0 Å². The number of aliphatic imine (C=N–C) groups is 1. The molecular weight excluding hydrogens is 214 g/mol. The topological polar surface area (TPSA) is 38.7 Å². The van der Waals surface area contributed by atoms with Gasteiger partial charge in [0.2, 0.25) is 6.08 Å². The molecule has 0 spiro atoms. The third-order valence-corrected chi connectivity index (χ3v) is 3.65. The molecule has 1 saturated carbocycles. The summed E-state index contributed by atoms with van der Waals surface area (Å²) in [6, 6.07) is 5.98. The lowest BCUT2D eigenvalue weighted by Gasteiger charge is -2.38. The Hall–Kier alpha value is -1.60. The smallest absolute Gasteiger partial charge is 0.235 e. The fourth-order valence-corrected chi connectivity index (χ4v) is 2.60. The van der Waals surface area contributed by atoms with E-state index in [1.54, 1.807) is 13.2 Å². The van der Waals surface area contributed by atoms with Crippen LogP contribution >= 0.6 is 0 Å². The maximum Gasteiger partial charge on any atom is 0.235 e. The molecule has 0 radical (unpaired) electrons. The number of hydrogen-bond donors (Lipinski definition) is 0. The third-order valence-electron chi connectivity index (χ3n) is 3.65. The molecule has 90 valence electrons. The van der Waals surface area contributed by atoms with Gasteiger partial charge in [-0.2, -0.15) is 4.99 Å². The van der Waals surface area contributed by atoms with E-state index in [4.69, 9.17) is 4.74 Å². The molecule has 0 aromatic heterocycles. The summed E-state index contributed by atoms with van der Waals surface area (Å²) in [7, 11) is 1.68. The number of benzene rings is 1. The Morgan fingerprint density at radius 1 is 1.47 bits per heavy atom. The van der Waals surface area contributed by atoms with E-state index in [0.29, 0.717) is 0 Å². The average Bonchev–Trinajstić information content (AvgIpc) is 2.32. The summed E-state index contributed by atoms with van der Waals surface area (Å²) in [5, 5.41) is 0. The highest BCUT2D eigenvalue weighted by molar-refractivity contribution is 5.47. The van der Waals surface area contributed by atoms with Gasteiger partial charge in [-0.25, -0.2) is 4.79 Å². The van der Waals surface area contributed by atoms with E-state index in [1.165, 1.54) is 0 Å². The minimum absolute atomic E-state index is 0.332. The van der Waals surface area contributed by atoms with Crippen molar-refractivity contribution in [1.82, 2.24) is 0 Å². The van der Waals surface area contributed by atoms with Crippen LogP contribution in [0.15, 0.2) is 23.2 Å². The van der Waals surface area contributed by atoms with Crippen molar-refractivity contribution >= 4 is 6.08 Å². The lowest BCUT2D eigenvalue weighted by Crippen LogP contribution is -2.33. The van der Waals surface area contributed by atoms with Crippen molar-refractivity contribution in [2.75, 3.05) is 7.11 Å². The molecule has 2 rings (SSSR count). The monoisotopic (exact) mass is 231 g/mol. The molecule has 1 aliphatic carbocycles.